The predicted molar refractivity (Wildman–Crippen MR) is 67.9 cm³/mol. The molecule has 0 aliphatic heterocycles. The Labute approximate surface area is 104 Å². The SMILES string of the molecule is Cn1cc(CNCc2ccccc2Br)cn1. The summed E-state index contributed by atoms with van der Waals surface area (Å²) < 4.78 is 2.96. The van der Waals surface area contributed by atoms with Crippen molar-refractivity contribution in [3.05, 3.63) is 52.3 Å². The molecule has 1 heterocycles. The predicted octanol–water partition coefficient (Wildman–Crippen LogP) is 2.47. The highest BCUT2D eigenvalue weighted by Crippen LogP contribution is 2.15. The van der Waals surface area contributed by atoms with E-state index in [0.29, 0.717) is 0 Å². The van der Waals surface area contributed by atoms with Crippen LogP contribution in [-0.4, -0.2) is 9.78 Å². The van der Waals surface area contributed by atoms with E-state index in [1.165, 1.54) is 11.1 Å². The number of halogens is 1. The molecule has 1 aromatic carbocycles. The molecule has 16 heavy (non-hydrogen) atoms. The molecule has 0 bridgehead atoms. The van der Waals surface area contributed by atoms with Crippen molar-refractivity contribution in [2.24, 2.45) is 7.05 Å². The van der Waals surface area contributed by atoms with Gasteiger partial charge in [-0.25, -0.2) is 0 Å². The lowest BCUT2D eigenvalue weighted by molar-refractivity contribution is 0.690. The Morgan fingerprint density at radius 2 is 2.12 bits per heavy atom. The fourth-order valence-corrected chi connectivity index (χ4v) is 1.97. The van der Waals surface area contributed by atoms with Crippen molar-refractivity contribution in [1.29, 1.82) is 0 Å². The molecule has 0 atom stereocenters. The van der Waals surface area contributed by atoms with Gasteiger partial charge < -0.3 is 5.32 Å². The summed E-state index contributed by atoms with van der Waals surface area (Å²) in [5.74, 6) is 0. The topological polar surface area (TPSA) is 29.9 Å². The third-order valence-electron chi connectivity index (χ3n) is 2.36. The Bertz CT molecular complexity index is 465. The Balaban J connectivity index is 1.87. The lowest BCUT2D eigenvalue weighted by atomic mass is 10.2. The van der Waals surface area contributed by atoms with Crippen LogP contribution in [0.5, 0.6) is 0 Å². The highest BCUT2D eigenvalue weighted by Gasteiger charge is 1.99. The summed E-state index contributed by atoms with van der Waals surface area (Å²) in [6, 6.07) is 8.24. The van der Waals surface area contributed by atoms with Gasteiger partial charge >= 0.3 is 0 Å². The van der Waals surface area contributed by atoms with Crippen molar-refractivity contribution < 1.29 is 0 Å². The van der Waals surface area contributed by atoms with Gasteiger partial charge in [-0.05, 0) is 11.6 Å². The van der Waals surface area contributed by atoms with E-state index in [1.54, 1.807) is 0 Å². The van der Waals surface area contributed by atoms with Gasteiger partial charge in [0.25, 0.3) is 0 Å². The fraction of sp³-hybridized carbons (Fsp3) is 0.250. The van der Waals surface area contributed by atoms with Crippen LogP contribution in [0.2, 0.25) is 0 Å². The molecule has 1 N–H and O–H groups in total. The standard InChI is InChI=1S/C12H14BrN3/c1-16-9-10(7-15-16)6-14-8-11-4-2-3-5-12(11)13/h2-5,7,9,14H,6,8H2,1H3. The summed E-state index contributed by atoms with van der Waals surface area (Å²) >= 11 is 3.53. The maximum Gasteiger partial charge on any atom is 0.0534 e. The van der Waals surface area contributed by atoms with E-state index in [-0.39, 0.29) is 0 Å². The largest absolute Gasteiger partial charge is 0.308 e. The molecule has 1 aromatic heterocycles. The number of hydrogen-bond donors (Lipinski definition) is 1. The zero-order valence-electron chi connectivity index (χ0n) is 9.15. The van der Waals surface area contributed by atoms with Gasteiger partial charge in [-0.3, -0.25) is 4.68 Å². The number of aromatic nitrogens is 2. The monoisotopic (exact) mass is 279 g/mol. The molecule has 2 aromatic rings. The number of rotatable bonds is 4. The first-order valence-electron chi connectivity index (χ1n) is 5.17. The van der Waals surface area contributed by atoms with E-state index < -0.39 is 0 Å². The van der Waals surface area contributed by atoms with Crippen LogP contribution < -0.4 is 5.32 Å². The van der Waals surface area contributed by atoms with Crippen molar-refractivity contribution in [1.82, 2.24) is 15.1 Å². The first-order chi connectivity index (χ1) is 7.75. The summed E-state index contributed by atoms with van der Waals surface area (Å²) in [4.78, 5) is 0. The van der Waals surface area contributed by atoms with E-state index in [2.05, 4.69) is 38.5 Å². The number of aryl methyl sites for hydroxylation is 1. The molecule has 0 unspecified atom stereocenters. The molecular formula is C12H14BrN3. The summed E-state index contributed by atoms with van der Waals surface area (Å²) in [5.41, 5.74) is 2.47. The van der Waals surface area contributed by atoms with Gasteiger partial charge in [0.05, 0.1) is 6.20 Å². The van der Waals surface area contributed by atoms with E-state index in [9.17, 15) is 0 Å². The van der Waals surface area contributed by atoms with E-state index in [4.69, 9.17) is 0 Å². The van der Waals surface area contributed by atoms with Crippen molar-refractivity contribution in [2.75, 3.05) is 0 Å². The van der Waals surface area contributed by atoms with E-state index in [1.807, 2.05) is 36.3 Å². The van der Waals surface area contributed by atoms with Crippen molar-refractivity contribution >= 4 is 15.9 Å². The average Bonchev–Trinajstić information content (AvgIpc) is 2.67. The van der Waals surface area contributed by atoms with Crippen LogP contribution in [0.15, 0.2) is 41.1 Å². The average molecular weight is 280 g/mol. The van der Waals surface area contributed by atoms with Crippen molar-refractivity contribution in [2.45, 2.75) is 13.1 Å². The minimum absolute atomic E-state index is 0.842. The van der Waals surface area contributed by atoms with Crippen molar-refractivity contribution in [3.63, 3.8) is 0 Å². The highest BCUT2D eigenvalue weighted by molar-refractivity contribution is 9.10. The molecule has 3 nitrogen and oxygen atoms in total. The van der Waals surface area contributed by atoms with Crippen LogP contribution in [0.3, 0.4) is 0 Å². The van der Waals surface area contributed by atoms with Gasteiger partial charge in [0.2, 0.25) is 0 Å². The zero-order chi connectivity index (χ0) is 11.4. The summed E-state index contributed by atoms with van der Waals surface area (Å²) in [6.45, 7) is 1.70. The zero-order valence-corrected chi connectivity index (χ0v) is 10.7. The first-order valence-corrected chi connectivity index (χ1v) is 5.96. The van der Waals surface area contributed by atoms with Crippen LogP contribution in [0, 0.1) is 0 Å². The molecule has 84 valence electrons. The van der Waals surface area contributed by atoms with Crippen LogP contribution in [0.25, 0.3) is 0 Å². The van der Waals surface area contributed by atoms with Gasteiger partial charge in [-0.1, -0.05) is 34.1 Å². The molecule has 0 spiro atoms. The fourth-order valence-electron chi connectivity index (χ4n) is 1.55. The Morgan fingerprint density at radius 3 is 2.81 bits per heavy atom. The number of hydrogen-bond acceptors (Lipinski definition) is 2. The van der Waals surface area contributed by atoms with Gasteiger partial charge in [-0.2, -0.15) is 5.10 Å². The minimum atomic E-state index is 0.842. The lowest BCUT2D eigenvalue weighted by Crippen LogP contribution is -2.12. The molecule has 0 radical (unpaired) electrons. The van der Waals surface area contributed by atoms with Gasteiger partial charge in [-0.15, -0.1) is 0 Å². The molecule has 0 saturated carbocycles. The normalized spacial score (nSPS) is 10.6. The van der Waals surface area contributed by atoms with Crippen LogP contribution >= 0.6 is 15.9 Å². The Morgan fingerprint density at radius 1 is 1.31 bits per heavy atom. The minimum Gasteiger partial charge on any atom is -0.308 e. The maximum atomic E-state index is 4.13. The second-order valence-corrected chi connectivity index (χ2v) is 4.57. The molecule has 0 aliphatic rings. The lowest BCUT2D eigenvalue weighted by Gasteiger charge is -2.05. The van der Waals surface area contributed by atoms with Gasteiger partial charge in [0.15, 0.2) is 0 Å². The Hall–Kier alpha value is -1.13. The van der Waals surface area contributed by atoms with Gasteiger partial charge in [0, 0.05) is 36.4 Å². The third-order valence-corrected chi connectivity index (χ3v) is 3.13. The number of benzene rings is 1. The van der Waals surface area contributed by atoms with E-state index in [0.717, 1.165) is 17.6 Å². The summed E-state index contributed by atoms with van der Waals surface area (Å²) in [5, 5.41) is 7.52. The number of nitrogens with zero attached hydrogens (tertiary/aromatic N) is 2. The molecule has 0 amide bonds. The third kappa shape index (κ3) is 2.93. The molecular weight excluding hydrogens is 266 g/mol. The van der Waals surface area contributed by atoms with Crippen LogP contribution in [0.1, 0.15) is 11.1 Å². The molecule has 0 aliphatic carbocycles. The van der Waals surface area contributed by atoms with Crippen molar-refractivity contribution in [3.8, 4) is 0 Å². The molecule has 2 rings (SSSR count). The number of nitrogens with one attached hydrogen (secondary N) is 1. The smallest absolute Gasteiger partial charge is 0.0534 e. The molecule has 4 heteroatoms. The summed E-state index contributed by atoms with van der Waals surface area (Å²) in [7, 11) is 1.93. The van der Waals surface area contributed by atoms with Crippen LogP contribution in [-0.2, 0) is 20.1 Å². The maximum absolute atomic E-state index is 4.13. The summed E-state index contributed by atoms with van der Waals surface area (Å²) in [6.07, 6.45) is 3.90. The quantitative estimate of drug-likeness (QED) is 0.932. The second-order valence-electron chi connectivity index (χ2n) is 3.72. The highest BCUT2D eigenvalue weighted by atomic mass is 79.9. The second kappa shape index (κ2) is 5.27. The first kappa shape index (κ1) is 11.4. The molecule has 0 saturated heterocycles. The van der Waals surface area contributed by atoms with E-state index >= 15 is 0 Å². The molecule has 0 fully saturated rings. The van der Waals surface area contributed by atoms with Crippen LogP contribution in [0.4, 0.5) is 0 Å². The van der Waals surface area contributed by atoms with Gasteiger partial charge in [0.1, 0.15) is 0 Å². The Kier molecular flexibility index (Phi) is 3.74.